The van der Waals surface area contributed by atoms with E-state index in [9.17, 15) is 9.18 Å². The SMILES string of the molecule is CNc1cc(F)cc2c1[nH]c1nc(Oc3cnc4c(c3)C(=O)N(C)C4)nc(N3C[C@H]4C[C@@H]3C[C@H]4N)c12. The molecular formula is C25H25FN8O2. The van der Waals surface area contributed by atoms with Gasteiger partial charge in [-0.15, -0.1) is 0 Å². The zero-order chi connectivity index (χ0) is 24.7. The standard InChI is InChI=1S/C25H25FN8O2/c1-28-18-5-12(26)4-16-20-22(30-21(16)18)31-25(32-23(20)34-9-11-3-13(34)6-17(11)27)36-14-7-15-19(29-8-14)10-33(2)24(15)35/h4-5,7-8,11,13,17,28H,3,6,9-10,27H2,1-2H3,(H,30,31,32)/t11-,13-,17-/m1/s1. The lowest BCUT2D eigenvalue weighted by Crippen LogP contribution is -2.41. The Morgan fingerprint density at radius 1 is 1.25 bits per heavy atom. The van der Waals surface area contributed by atoms with Crippen LogP contribution >= 0.6 is 0 Å². The lowest BCUT2D eigenvalue weighted by molar-refractivity contribution is 0.0816. The molecule has 184 valence electrons. The maximum absolute atomic E-state index is 14.5. The first-order chi connectivity index (χ1) is 17.4. The van der Waals surface area contributed by atoms with E-state index in [1.165, 1.54) is 12.1 Å². The second-order valence-corrected chi connectivity index (χ2v) is 9.93. The minimum absolute atomic E-state index is 0.0957. The summed E-state index contributed by atoms with van der Waals surface area (Å²) < 4.78 is 20.6. The number of benzene rings is 1. The molecular weight excluding hydrogens is 463 g/mol. The quantitative estimate of drug-likeness (QED) is 0.400. The van der Waals surface area contributed by atoms with E-state index in [0.29, 0.717) is 52.0 Å². The number of aromatic amines is 1. The van der Waals surface area contributed by atoms with Crippen molar-refractivity contribution in [3.05, 3.63) is 41.5 Å². The molecule has 0 spiro atoms. The van der Waals surface area contributed by atoms with Crippen LogP contribution in [0.2, 0.25) is 0 Å². The largest absolute Gasteiger partial charge is 0.423 e. The summed E-state index contributed by atoms with van der Waals surface area (Å²) in [7, 11) is 3.49. The molecule has 7 rings (SSSR count). The molecule has 4 aromatic rings. The Hall–Kier alpha value is -3.99. The summed E-state index contributed by atoms with van der Waals surface area (Å²) in [5, 5.41) is 4.51. The van der Waals surface area contributed by atoms with Crippen molar-refractivity contribution in [3.63, 3.8) is 0 Å². The molecule has 3 atom stereocenters. The van der Waals surface area contributed by atoms with E-state index >= 15 is 0 Å². The summed E-state index contributed by atoms with van der Waals surface area (Å²) >= 11 is 0. The van der Waals surface area contributed by atoms with Crippen LogP contribution in [0.1, 0.15) is 28.9 Å². The van der Waals surface area contributed by atoms with Crippen LogP contribution in [0.3, 0.4) is 0 Å². The Kier molecular flexibility index (Phi) is 4.44. The van der Waals surface area contributed by atoms with Gasteiger partial charge in [0.1, 0.15) is 23.0 Å². The smallest absolute Gasteiger partial charge is 0.326 e. The van der Waals surface area contributed by atoms with E-state index in [1.807, 2.05) is 0 Å². The molecule has 1 saturated carbocycles. The number of hydrogen-bond donors (Lipinski definition) is 3. The van der Waals surface area contributed by atoms with Crippen LogP contribution < -0.4 is 20.7 Å². The summed E-state index contributed by atoms with van der Waals surface area (Å²) in [6, 6.07) is 5.20. The summed E-state index contributed by atoms with van der Waals surface area (Å²) in [5.74, 6) is 1.02. The number of rotatable bonds is 4. The highest BCUT2D eigenvalue weighted by Gasteiger charge is 2.44. The summed E-state index contributed by atoms with van der Waals surface area (Å²) in [5.41, 5.74) is 9.47. The lowest BCUT2D eigenvalue weighted by atomic mass is 10.0. The van der Waals surface area contributed by atoms with Gasteiger partial charge in [0.25, 0.3) is 5.91 Å². The van der Waals surface area contributed by atoms with Crippen LogP contribution in [0.25, 0.3) is 21.9 Å². The highest BCUT2D eigenvalue weighted by molar-refractivity contribution is 6.14. The fraction of sp³-hybridized carbons (Fsp3) is 0.360. The molecule has 1 saturated heterocycles. The average molecular weight is 489 g/mol. The van der Waals surface area contributed by atoms with Gasteiger partial charge in [-0.1, -0.05) is 0 Å². The number of nitrogens with zero attached hydrogens (tertiary/aromatic N) is 5. The zero-order valence-electron chi connectivity index (χ0n) is 19.9. The van der Waals surface area contributed by atoms with E-state index in [0.717, 1.165) is 30.3 Å². The van der Waals surface area contributed by atoms with Crippen molar-refractivity contribution in [3.8, 4) is 11.8 Å². The molecule has 0 radical (unpaired) electrons. The molecule has 1 aromatic carbocycles. The molecule has 10 nitrogen and oxygen atoms in total. The van der Waals surface area contributed by atoms with Crippen molar-refractivity contribution in [2.45, 2.75) is 31.5 Å². The molecule has 11 heteroatoms. The minimum atomic E-state index is -0.345. The number of ether oxygens (including phenoxy) is 1. The van der Waals surface area contributed by atoms with E-state index in [2.05, 4.69) is 25.2 Å². The number of hydrogen-bond acceptors (Lipinski definition) is 8. The third-order valence-corrected chi connectivity index (χ3v) is 7.74. The molecule has 1 amide bonds. The number of pyridine rings is 1. The molecule has 0 unspecified atom stereocenters. The number of piperidine rings is 1. The van der Waals surface area contributed by atoms with Gasteiger partial charge in [-0.25, -0.2) is 4.39 Å². The van der Waals surface area contributed by atoms with Gasteiger partial charge < -0.3 is 30.6 Å². The van der Waals surface area contributed by atoms with Crippen molar-refractivity contribution in [2.75, 3.05) is 30.9 Å². The summed E-state index contributed by atoms with van der Waals surface area (Å²) in [4.78, 5) is 33.5. The number of nitrogens with one attached hydrogen (secondary N) is 2. The van der Waals surface area contributed by atoms with E-state index in [-0.39, 0.29) is 29.8 Å². The van der Waals surface area contributed by atoms with Gasteiger partial charge in [0, 0.05) is 38.1 Å². The lowest BCUT2D eigenvalue weighted by Gasteiger charge is -2.31. The van der Waals surface area contributed by atoms with Crippen LogP contribution in [0.15, 0.2) is 24.4 Å². The van der Waals surface area contributed by atoms with Crippen LogP contribution in [-0.2, 0) is 6.54 Å². The van der Waals surface area contributed by atoms with Crippen LogP contribution in [0, 0.1) is 11.7 Å². The Balaban J connectivity index is 1.38. The zero-order valence-corrected chi connectivity index (χ0v) is 19.9. The first-order valence-electron chi connectivity index (χ1n) is 12.0. The predicted octanol–water partition coefficient (Wildman–Crippen LogP) is 2.99. The number of fused-ring (bicyclic) bond motifs is 6. The normalized spacial score (nSPS) is 22.8. The molecule has 4 N–H and O–H groups in total. The van der Waals surface area contributed by atoms with Gasteiger partial charge >= 0.3 is 6.01 Å². The summed E-state index contributed by atoms with van der Waals surface area (Å²) in [6.07, 6.45) is 3.47. The number of carbonyl (C=O) groups is 1. The molecule has 36 heavy (non-hydrogen) atoms. The van der Waals surface area contributed by atoms with Gasteiger partial charge in [0.05, 0.1) is 40.6 Å². The number of H-pyrrole nitrogens is 1. The third kappa shape index (κ3) is 3.05. The predicted molar refractivity (Wildman–Crippen MR) is 133 cm³/mol. The van der Waals surface area contributed by atoms with Crippen molar-refractivity contribution in [1.82, 2.24) is 24.8 Å². The fourth-order valence-corrected chi connectivity index (χ4v) is 5.98. The van der Waals surface area contributed by atoms with Gasteiger partial charge in [0.15, 0.2) is 0 Å². The number of amides is 1. The first kappa shape index (κ1) is 21.3. The fourth-order valence-electron chi connectivity index (χ4n) is 5.98. The van der Waals surface area contributed by atoms with Gasteiger partial charge in [-0.2, -0.15) is 9.97 Å². The minimum Gasteiger partial charge on any atom is -0.423 e. The van der Waals surface area contributed by atoms with Crippen molar-refractivity contribution >= 4 is 39.3 Å². The van der Waals surface area contributed by atoms with Crippen LogP contribution in [0.5, 0.6) is 11.8 Å². The van der Waals surface area contributed by atoms with Crippen molar-refractivity contribution in [2.24, 2.45) is 11.7 Å². The van der Waals surface area contributed by atoms with Crippen LogP contribution in [-0.4, -0.2) is 63.5 Å². The number of anilines is 2. The van der Waals surface area contributed by atoms with Gasteiger partial charge in [0.2, 0.25) is 0 Å². The molecule has 2 bridgehead atoms. The Morgan fingerprint density at radius 3 is 2.86 bits per heavy atom. The molecule has 3 aliphatic rings. The first-order valence-corrected chi connectivity index (χ1v) is 12.0. The van der Waals surface area contributed by atoms with E-state index < -0.39 is 0 Å². The molecule has 2 fully saturated rings. The second-order valence-electron chi connectivity index (χ2n) is 9.93. The van der Waals surface area contributed by atoms with Crippen molar-refractivity contribution < 1.29 is 13.9 Å². The maximum Gasteiger partial charge on any atom is 0.326 e. The van der Waals surface area contributed by atoms with Gasteiger partial charge in [-0.05, 0) is 37.0 Å². The number of nitrogens with two attached hydrogens (primary N) is 1. The highest BCUT2D eigenvalue weighted by atomic mass is 19.1. The van der Waals surface area contributed by atoms with E-state index in [1.54, 1.807) is 31.3 Å². The molecule has 2 aliphatic heterocycles. The maximum atomic E-state index is 14.5. The highest BCUT2D eigenvalue weighted by Crippen LogP contribution is 2.44. The Bertz CT molecular complexity index is 1570. The summed E-state index contributed by atoms with van der Waals surface area (Å²) in [6.45, 7) is 1.25. The average Bonchev–Trinajstić information content (AvgIpc) is 3.60. The number of halogens is 1. The monoisotopic (exact) mass is 488 g/mol. The van der Waals surface area contributed by atoms with E-state index in [4.69, 9.17) is 15.5 Å². The van der Waals surface area contributed by atoms with Gasteiger partial charge in [-0.3, -0.25) is 9.78 Å². The Labute approximate surface area is 205 Å². The number of carbonyl (C=O) groups excluding carboxylic acids is 1. The van der Waals surface area contributed by atoms with Crippen molar-refractivity contribution in [1.29, 1.82) is 0 Å². The third-order valence-electron chi connectivity index (χ3n) is 7.74. The Morgan fingerprint density at radius 2 is 2.11 bits per heavy atom. The van der Waals surface area contributed by atoms with Crippen LogP contribution in [0.4, 0.5) is 15.9 Å². The molecule has 1 aliphatic carbocycles. The molecule has 5 heterocycles. The number of aromatic nitrogens is 4. The molecule has 3 aromatic heterocycles. The topological polar surface area (TPSA) is 125 Å². The second kappa shape index (κ2) is 7.50.